The zero-order valence-electron chi connectivity index (χ0n) is 11.1. The second-order valence-corrected chi connectivity index (χ2v) is 5.11. The van der Waals surface area contributed by atoms with Crippen LogP contribution in [0.15, 0.2) is 22.6 Å². The molecule has 1 aromatic carbocycles. The molecule has 0 bridgehead atoms. The van der Waals surface area contributed by atoms with Gasteiger partial charge in [0.2, 0.25) is 5.91 Å². The molecule has 0 radical (unpaired) electrons. The van der Waals surface area contributed by atoms with E-state index >= 15 is 0 Å². The average Bonchev–Trinajstić information content (AvgIpc) is 2.66. The maximum Gasteiger partial charge on any atom is 0.227 e. The molecule has 0 saturated carbocycles. The minimum absolute atomic E-state index is 0.0241. The summed E-state index contributed by atoms with van der Waals surface area (Å²) in [4.78, 5) is 16.4. The summed E-state index contributed by atoms with van der Waals surface area (Å²) in [6.07, 6.45) is 0. The van der Waals surface area contributed by atoms with Crippen molar-refractivity contribution in [2.45, 2.75) is 13.8 Å². The Kier molecular flexibility index (Phi) is 2.98. The third kappa shape index (κ3) is 2.33. The van der Waals surface area contributed by atoms with E-state index in [2.05, 4.69) is 15.6 Å². The Balaban J connectivity index is 1.74. The fourth-order valence-corrected chi connectivity index (χ4v) is 2.26. The number of amides is 1. The molecular weight excluding hydrogens is 242 g/mol. The van der Waals surface area contributed by atoms with Gasteiger partial charge in [-0.25, -0.2) is 4.98 Å². The van der Waals surface area contributed by atoms with Crippen molar-refractivity contribution in [2.75, 3.05) is 18.4 Å². The molecule has 1 aliphatic rings. The van der Waals surface area contributed by atoms with E-state index in [1.54, 1.807) is 0 Å². The molecule has 0 aliphatic carbocycles. The van der Waals surface area contributed by atoms with Gasteiger partial charge in [0.1, 0.15) is 5.52 Å². The number of nitrogens with one attached hydrogen (secondary N) is 2. The van der Waals surface area contributed by atoms with Crippen molar-refractivity contribution in [1.29, 1.82) is 0 Å². The predicted molar refractivity (Wildman–Crippen MR) is 72.9 cm³/mol. The first-order valence-electron chi connectivity index (χ1n) is 6.52. The summed E-state index contributed by atoms with van der Waals surface area (Å²) in [5.74, 6) is 1.16. The van der Waals surface area contributed by atoms with Crippen molar-refractivity contribution >= 4 is 22.7 Å². The van der Waals surface area contributed by atoms with E-state index < -0.39 is 0 Å². The molecule has 0 spiro atoms. The summed E-state index contributed by atoms with van der Waals surface area (Å²) < 4.78 is 5.41. The fourth-order valence-electron chi connectivity index (χ4n) is 2.26. The highest BCUT2D eigenvalue weighted by Crippen LogP contribution is 2.22. The summed E-state index contributed by atoms with van der Waals surface area (Å²) in [6, 6.07) is 5.52. The van der Waals surface area contributed by atoms with Crippen LogP contribution in [0.5, 0.6) is 0 Å². The van der Waals surface area contributed by atoms with E-state index in [4.69, 9.17) is 4.42 Å². The van der Waals surface area contributed by atoms with Gasteiger partial charge < -0.3 is 15.1 Å². The molecule has 1 aromatic heterocycles. The van der Waals surface area contributed by atoms with Gasteiger partial charge in [0, 0.05) is 18.5 Å². The molecule has 2 N–H and O–H groups in total. The standard InChI is InChI=1S/C14H17N3O2/c1-8(10-6-15-7-10)14(18)17-11-3-4-13-12(5-11)16-9(2)19-13/h3-5,8,10,15H,6-7H2,1-2H3,(H,17,18). The number of anilines is 1. The molecular formula is C14H17N3O2. The summed E-state index contributed by atoms with van der Waals surface area (Å²) in [5, 5.41) is 6.13. The van der Waals surface area contributed by atoms with Gasteiger partial charge in [-0.05, 0) is 37.2 Å². The first-order valence-corrected chi connectivity index (χ1v) is 6.52. The second-order valence-electron chi connectivity index (χ2n) is 5.11. The lowest BCUT2D eigenvalue weighted by Gasteiger charge is -2.31. The van der Waals surface area contributed by atoms with Crippen LogP contribution in [0.25, 0.3) is 11.1 Å². The summed E-state index contributed by atoms with van der Waals surface area (Å²) in [6.45, 7) is 5.63. The third-order valence-electron chi connectivity index (χ3n) is 3.70. The minimum atomic E-state index is 0.0241. The normalized spacial score (nSPS) is 17.2. The van der Waals surface area contributed by atoms with E-state index in [0.29, 0.717) is 11.8 Å². The van der Waals surface area contributed by atoms with Gasteiger partial charge in [-0.1, -0.05) is 6.92 Å². The molecule has 1 saturated heterocycles. The Morgan fingerprint density at radius 2 is 2.32 bits per heavy atom. The molecule has 3 rings (SSSR count). The van der Waals surface area contributed by atoms with Crippen LogP contribution >= 0.6 is 0 Å². The quantitative estimate of drug-likeness (QED) is 0.884. The number of rotatable bonds is 3. The minimum Gasteiger partial charge on any atom is -0.441 e. The molecule has 1 amide bonds. The van der Waals surface area contributed by atoms with Crippen LogP contribution < -0.4 is 10.6 Å². The predicted octanol–water partition coefficient (Wildman–Crippen LogP) is 1.93. The molecule has 2 heterocycles. The topological polar surface area (TPSA) is 67.2 Å². The number of carbonyl (C=O) groups is 1. The van der Waals surface area contributed by atoms with Crippen molar-refractivity contribution in [2.24, 2.45) is 11.8 Å². The van der Waals surface area contributed by atoms with Crippen molar-refractivity contribution < 1.29 is 9.21 Å². The fraction of sp³-hybridized carbons (Fsp3) is 0.429. The number of nitrogens with zero attached hydrogens (tertiary/aromatic N) is 1. The molecule has 19 heavy (non-hydrogen) atoms. The molecule has 5 nitrogen and oxygen atoms in total. The summed E-state index contributed by atoms with van der Waals surface area (Å²) in [5.41, 5.74) is 2.28. The summed E-state index contributed by atoms with van der Waals surface area (Å²) >= 11 is 0. The maximum atomic E-state index is 12.1. The lowest BCUT2D eigenvalue weighted by molar-refractivity contribution is -0.121. The first-order chi connectivity index (χ1) is 9.13. The van der Waals surface area contributed by atoms with Crippen LogP contribution in [0.3, 0.4) is 0 Å². The van der Waals surface area contributed by atoms with Crippen molar-refractivity contribution in [3.05, 3.63) is 24.1 Å². The van der Waals surface area contributed by atoms with Gasteiger partial charge in [-0.3, -0.25) is 4.79 Å². The molecule has 5 heteroatoms. The SMILES string of the molecule is Cc1nc2cc(NC(=O)C(C)C3CNC3)ccc2o1. The number of benzene rings is 1. The number of aromatic nitrogens is 1. The highest BCUT2D eigenvalue weighted by atomic mass is 16.3. The number of fused-ring (bicyclic) bond motifs is 1. The van der Waals surface area contributed by atoms with Gasteiger partial charge in [0.25, 0.3) is 0 Å². The molecule has 1 aliphatic heterocycles. The highest BCUT2D eigenvalue weighted by molar-refractivity contribution is 5.94. The van der Waals surface area contributed by atoms with Crippen LogP contribution in [-0.2, 0) is 4.79 Å². The van der Waals surface area contributed by atoms with Gasteiger partial charge in [0.15, 0.2) is 11.5 Å². The monoisotopic (exact) mass is 259 g/mol. The smallest absolute Gasteiger partial charge is 0.227 e. The number of carbonyl (C=O) groups excluding carboxylic acids is 1. The molecule has 1 unspecified atom stereocenters. The number of hydrogen-bond donors (Lipinski definition) is 2. The van der Waals surface area contributed by atoms with Gasteiger partial charge in [-0.2, -0.15) is 0 Å². The molecule has 100 valence electrons. The van der Waals surface area contributed by atoms with Crippen molar-refractivity contribution in [1.82, 2.24) is 10.3 Å². The third-order valence-corrected chi connectivity index (χ3v) is 3.70. The van der Waals surface area contributed by atoms with E-state index in [1.165, 1.54) is 0 Å². The van der Waals surface area contributed by atoms with E-state index in [1.807, 2.05) is 32.0 Å². The molecule has 1 fully saturated rings. The Hall–Kier alpha value is -1.88. The van der Waals surface area contributed by atoms with Crippen LogP contribution in [0, 0.1) is 18.8 Å². The number of aryl methyl sites for hydroxylation is 1. The largest absolute Gasteiger partial charge is 0.441 e. The lowest BCUT2D eigenvalue weighted by atomic mass is 9.88. The Labute approximate surface area is 111 Å². The van der Waals surface area contributed by atoms with Crippen LogP contribution in [0.4, 0.5) is 5.69 Å². The van der Waals surface area contributed by atoms with E-state index in [-0.39, 0.29) is 11.8 Å². The number of oxazole rings is 1. The zero-order chi connectivity index (χ0) is 13.4. The van der Waals surface area contributed by atoms with Crippen LogP contribution in [0.2, 0.25) is 0 Å². The Morgan fingerprint density at radius 3 is 3.00 bits per heavy atom. The van der Waals surface area contributed by atoms with Crippen molar-refractivity contribution in [3.63, 3.8) is 0 Å². The molecule has 2 aromatic rings. The van der Waals surface area contributed by atoms with Gasteiger partial charge in [0.05, 0.1) is 0 Å². The van der Waals surface area contributed by atoms with E-state index in [0.717, 1.165) is 29.9 Å². The van der Waals surface area contributed by atoms with Crippen LogP contribution in [0.1, 0.15) is 12.8 Å². The number of hydrogen-bond acceptors (Lipinski definition) is 4. The van der Waals surface area contributed by atoms with Gasteiger partial charge in [-0.15, -0.1) is 0 Å². The first kappa shape index (κ1) is 12.2. The lowest BCUT2D eigenvalue weighted by Crippen LogP contribution is -2.48. The van der Waals surface area contributed by atoms with E-state index in [9.17, 15) is 4.79 Å². The second kappa shape index (κ2) is 4.66. The van der Waals surface area contributed by atoms with Crippen LogP contribution in [-0.4, -0.2) is 24.0 Å². The Bertz CT molecular complexity index is 616. The average molecular weight is 259 g/mol. The molecule has 1 atom stereocenters. The maximum absolute atomic E-state index is 12.1. The summed E-state index contributed by atoms with van der Waals surface area (Å²) in [7, 11) is 0. The van der Waals surface area contributed by atoms with Crippen molar-refractivity contribution in [3.8, 4) is 0 Å². The highest BCUT2D eigenvalue weighted by Gasteiger charge is 2.28. The Morgan fingerprint density at radius 1 is 1.53 bits per heavy atom. The van der Waals surface area contributed by atoms with Gasteiger partial charge >= 0.3 is 0 Å². The zero-order valence-corrected chi connectivity index (χ0v) is 11.1.